The zero-order chi connectivity index (χ0) is 14.1. The third-order valence-corrected chi connectivity index (χ3v) is 5.55. The van der Waals surface area contributed by atoms with Gasteiger partial charge in [0.05, 0.1) is 0 Å². The van der Waals surface area contributed by atoms with E-state index >= 15 is 0 Å². The van der Waals surface area contributed by atoms with Crippen LogP contribution in [0.1, 0.15) is 48.8 Å². The van der Waals surface area contributed by atoms with Crippen molar-refractivity contribution in [2.24, 2.45) is 5.92 Å². The van der Waals surface area contributed by atoms with Gasteiger partial charge in [-0.05, 0) is 87.2 Å². The average molecular weight is 284 g/mol. The molecule has 0 radical (unpaired) electrons. The maximum atomic E-state index is 3.78. The first-order valence-electron chi connectivity index (χ1n) is 8.93. The Balaban J connectivity index is 1.26. The molecule has 0 spiro atoms. The highest BCUT2D eigenvalue weighted by Gasteiger charge is 2.24. The van der Waals surface area contributed by atoms with Gasteiger partial charge in [0, 0.05) is 12.6 Å². The van der Waals surface area contributed by atoms with E-state index in [4.69, 9.17) is 0 Å². The zero-order valence-electron chi connectivity index (χ0n) is 13.1. The van der Waals surface area contributed by atoms with Gasteiger partial charge in [-0.1, -0.05) is 18.2 Å². The fourth-order valence-corrected chi connectivity index (χ4v) is 3.93. The minimum Gasteiger partial charge on any atom is -0.314 e. The Morgan fingerprint density at radius 1 is 1.00 bits per heavy atom. The lowest BCUT2D eigenvalue weighted by Gasteiger charge is -2.32. The van der Waals surface area contributed by atoms with Crippen LogP contribution in [-0.4, -0.2) is 30.6 Å². The van der Waals surface area contributed by atoms with E-state index in [1.165, 1.54) is 70.1 Å². The summed E-state index contributed by atoms with van der Waals surface area (Å²) in [6.07, 6.45) is 9.55. The summed E-state index contributed by atoms with van der Waals surface area (Å²) in [5.41, 5.74) is 4.75. The SMILES string of the molecule is c1cc2c(cc1CN1CCC(NCC3CC3)CC1)CCC2. The van der Waals surface area contributed by atoms with Gasteiger partial charge in [0.2, 0.25) is 0 Å². The van der Waals surface area contributed by atoms with Gasteiger partial charge in [0.1, 0.15) is 0 Å². The Morgan fingerprint density at radius 2 is 1.81 bits per heavy atom. The van der Waals surface area contributed by atoms with Crippen LogP contribution in [0.5, 0.6) is 0 Å². The Kier molecular flexibility index (Phi) is 4.00. The maximum absolute atomic E-state index is 3.78. The number of benzene rings is 1. The van der Waals surface area contributed by atoms with Crippen LogP contribution in [0, 0.1) is 5.92 Å². The Labute approximate surface area is 128 Å². The largest absolute Gasteiger partial charge is 0.314 e. The third kappa shape index (κ3) is 3.49. The number of piperidine rings is 1. The number of hydrogen-bond acceptors (Lipinski definition) is 2. The van der Waals surface area contributed by atoms with Gasteiger partial charge < -0.3 is 5.32 Å². The van der Waals surface area contributed by atoms with Gasteiger partial charge in [0.25, 0.3) is 0 Å². The molecule has 1 heterocycles. The van der Waals surface area contributed by atoms with Crippen LogP contribution in [0.4, 0.5) is 0 Å². The van der Waals surface area contributed by atoms with Crippen molar-refractivity contribution in [2.45, 2.75) is 57.5 Å². The number of nitrogens with zero attached hydrogens (tertiary/aromatic N) is 1. The van der Waals surface area contributed by atoms with E-state index in [0.717, 1.165) is 18.5 Å². The molecule has 1 N–H and O–H groups in total. The molecule has 0 unspecified atom stereocenters. The third-order valence-electron chi connectivity index (χ3n) is 5.55. The molecule has 0 amide bonds. The number of likely N-dealkylation sites (tertiary alicyclic amines) is 1. The lowest BCUT2D eigenvalue weighted by molar-refractivity contribution is 0.190. The lowest BCUT2D eigenvalue weighted by atomic mass is 10.0. The molecule has 3 aliphatic rings. The maximum Gasteiger partial charge on any atom is 0.0233 e. The van der Waals surface area contributed by atoms with E-state index in [0.29, 0.717) is 0 Å². The average Bonchev–Trinajstić information content (AvgIpc) is 3.23. The Morgan fingerprint density at radius 3 is 2.62 bits per heavy atom. The number of hydrogen-bond donors (Lipinski definition) is 1. The van der Waals surface area contributed by atoms with Crippen molar-refractivity contribution in [1.82, 2.24) is 10.2 Å². The topological polar surface area (TPSA) is 15.3 Å². The molecule has 1 aromatic carbocycles. The Bertz CT molecular complexity index is 484. The van der Waals surface area contributed by atoms with E-state index in [1.807, 2.05) is 0 Å². The lowest BCUT2D eigenvalue weighted by Crippen LogP contribution is -2.42. The molecule has 1 aliphatic heterocycles. The van der Waals surface area contributed by atoms with Crippen LogP contribution in [-0.2, 0) is 19.4 Å². The molecule has 1 saturated carbocycles. The summed E-state index contributed by atoms with van der Waals surface area (Å²) in [5.74, 6) is 1.01. The highest BCUT2D eigenvalue weighted by Crippen LogP contribution is 2.28. The molecular formula is C19H28N2. The predicted octanol–water partition coefficient (Wildman–Crippen LogP) is 3.14. The zero-order valence-corrected chi connectivity index (χ0v) is 13.1. The summed E-state index contributed by atoms with van der Waals surface area (Å²) in [6.45, 7) is 4.96. The van der Waals surface area contributed by atoms with Crippen molar-refractivity contribution in [3.8, 4) is 0 Å². The van der Waals surface area contributed by atoms with E-state index in [-0.39, 0.29) is 0 Å². The molecule has 2 aliphatic carbocycles. The van der Waals surface area contributed by atoms with Gasteiger partial charge in [-0.3, -0.25) is 4.90 Å². The molecule has 0 bridgehead atoms. The highest BCUT2D eigenvalue weighted by atomic mass is 15.1. The normalized spacial score (nSPS) is 23.4. The highest BCUT2D eigenvalue weighted by molar-refractivity contribution is 5.35. The molecule has 4 rings (SSSR count). The van der Waals surface area contributed by atoms with Gasteiger partial charge >= 0.3 is 0 Å². The van der Waals surface area contributed by atoms with E-state index in [1.54, 1.807) is 11.1 Å². The van der Waals surface area contributed by atoms with Crippen molar-refractivity contribution in [3.63, 3.8) is 0 Å². The summed E-state index contributed by atoms with van der Waals surface area (Å²) in [5, 5.41) is 3.78. The molecule has 1 aromatic rings. The van der Waals surface area contributed by atoms with Crippen LogP contribution in [0.2, 0.25) is 0 Å². The molecule has 2 heteroatoms. The minimum absolute atomic E-state index is 0.780. The van der Waals surface area contributed by atoms with Crippen molar-refractivity contribution >= 4 is 0 Å². The standard InChI is InChI=1S/C19H28N2/c1-2-17-7-6-16(12-18(17)3-1)14-21-10-8-19(9-11-21)20-13-15-4-5-15/h6-7,12,15,19-20H,1-5,8-11,13-14H2. The smallest absolute Gasteiger partial charge is 0.0233 e. The van der Waals surface area contributed by atoms with Gasteiger partial charge in [-0.25, -0.2) is 0 Å². The molecule has 0 aromatic heterocycles. The summed E-state index contributed by atoms with van der Waals surface area (Å²) in [4.78, 5) is 2.64. The van der Waals surface area contributed by atoms with Crippen LogP contribution < -0.4 is 5.32 Å². The number of fused-ring (bicyclic) bond motifs is 1. The molecule has 114 valence electrons. The summed E-state index contributed by atoms with van der Waals surface area (Å²) >= 11 is 0. The second-order valence-electron chi connectivity index (χ2n) is 7.36. The van der Waals surface area contributed by atoms with Gasteiger partial charge in [-0.15, -0.1) is 0 Å². The van der Waals surface area contributed by atoms with Crippen molar-refractivity contribution in [3.05, 3.63) is 34.9 Å². The van der Waals surface area contributed by atoms with Crippen LogP contribution in [0.15, 0.2) is 18.2 Å². The summed E-state index contributed by atoms with van der Waals surface area (Å²) in [7, 11) is 0. The number of aryl methyl sites for hydroxylation is 2. The number of nitrogens with one attached hydrogen (secondary N) is 1. The number of rotatable bonds is 5. The van der Waals surface area contributed by atoms with E-state index < -0.39 is 0 Å². The molecule has 2 fully saturated rings. The van der Waals surface area contributed by atoms with Crippen LogP contribution in [0.3, 0.4) is 0 Å². The predicted molar refractivity (Wildman–Crippen MR) is 87.5 cm³/mol. The second kappa shape index (κ2) is 6.10. The van der Waals surface area contributed by atoms with E-state index in [9.17, 15) is 0 Å². The van der Waals surface area contributed by atoms with Crippen molar-refractivity contribution in [1.29, 1.82) is 0 Å². The quantitative estimate of drug-likeness (QED) is 0.893. The van der Waals surface area contributed by atoms with Crippen LogP contribution in [0.25, 0.3) is 0 Å². The van der Waals surface area contributed by atoms with Crippen LogP contribution >= 0.6 is 0 Å². The summed E-state index contributed by atoms with van der Waals surface area (Å²) < 4.78 is 0. The van der Waals surface area contributed by atoms with E-state index in [2.05, 4.69) is 28.4 Å². The first-order valence-corrected chi connectivity index (χ1v) is 8.93. The van der Waals surface area contributed by atoms with Crippen molar-refractivity contribution < 1.29 is 0 Å². The second-order valence-corrected chi connectivity index (χ2v) is 7.36. The Hall–Kier alpha value is -0.860. The van der Waals surface area contributed by atoms with Gasteiger partial charge in [-0.2, -0.15) is 0 Å². The molecule has 2 nitrogen and oxygen atoms in total. The first-order chi connectivity index (χ1) is 10.4. The fraction of sp³-hybridized carbons (Fsp3) is 0.684. The molecule has 0 atom stereocenters. The molecule has 21 heavy (non-hydrogen) atoms. The molecular weight excluding hydrogens is 256 g/mol. The molecule has 1 saturated heterocycles. The monoisotopic (exact) mass is 284 g/mol. The first kappa shape index (κ1) is 13.8. The van der Waals surface area contributed by atoms with Gasteiger partial charge in [0.15, 0.2) is 0 Å². The fourth-order valence-electron chi connectivity index (χ4n) is 3.93. The summed E-state index contributed by atoms with van der Waals surface area (Å²) in [6, 6.07) is 7.99. The van der Waals surface area contributed by atoms with Crippen molar-refractivity contribution in [2.75, 3.05) is 19.6 Å². The minimum atomic E-state index is 0.780.